The highest BCUT2D eigenvalue weighted by Gasteiger charge is 2.22. The van der Waals surface area contributed by atoms with Crippen LogP contribution in [0.15, 0.2) is 47.3 Å². The van der Waals surface area contributed by atoms with Gasteiger partial charge in [-0.05, 0) is 29.8 Å². The second-order valence-corrected chi connectivity index (χ2v) is 4.75. The molecule has 0 radical (unpaired) electrons. The lowest BCUT2D eigenvalue weighted by molar-refractivity contribution is 0.0914. The molecule has 2 heterocycles. The fraction of sp³-hybridized carbons (Fsp3) is 0.133. The Morgan fingerprint density at radius 2 is 1.80 bits per heavy atom. The lowest BCUT2D eigenvalue weighted by Crippen LogP contribution is -2.21. The van der Waals surface area contributed by atoms with E-state index in [-0.39, 0.29) is 11.8 Å². The van der Waals surface area contributed by atoms with E-state index in [4.69, 9.17) is 9.47 Å². The molecule has 0 saturated heterocycles. The maximum atomic E-state index is 11.3. The van der Waals surface area contributed by atoms with E-state index >= 15 is 0 Å². The number of rotatable bonds is 1. The fourth-order valence-corrected chi connectivity index (χ4v) is 2.43. The van der Waals surface area contributed by atoms with Crippen LogP contribution in [0.3, 0.4) is 0 Å². The van der Waals surface area contributed by atoms with E-state index in [0.717, 1.165) is 28.1 Å². The predicted molar refractivity (Wildman–Crippen MR) is 74.2 cm³/mol. The summed E-state index contributed by atoms with van der Waals surface area (Å²) >= 11 is 0. The first kappa shape index (κ1) is 11.2. The van der Waals surface area contributed by atoms with Gasteiger partial charge < -0.3 is 19.4 Å². The molecule has 0 fully saturated rings. The number of ether oxygens (including phenoxy) is 2. The normalized spacial score (nSPS) is 17.3. The van der Waals surface area contributed by atoms with Crippen LogP contribution in [0.4, 0.5) is 0 Å². The van der Waals surface area contributed by atoms with Crippen molar-refractivity contribution in [2.75, 3.05) is 6.61 Å². The number of H-pyrrole nitrogens is 2. The van der Waals surface area contributed by atoms with Crippen molar-refractivity contribution in [2.24, 2.45) is 0 Å². The molecule has 0 amide bonds. The van der Waals surface area contributed by atoms with Crippen LogP contribution in [0.25, 0.3) is 11.0 Å². The van der Waals surface area contributed by atoms with Crippen LogP contribution in [0.2, 0.25) is 0 Å². The van der Waals surface area contributed by atoms with Gasteiger partial charge in [0.25, 0.3) is 0 Å². The van der Waals surface area contributed by atoms with Gasteiger partial charge in [0.2, 0.25) is 0 Å². The van der Waals surface area contributed by atoms with Crippen molar-refractivity contribution < 1.29 is 9.47 Å². The number of aromatic nitrogens is 2. The van der Waals surface area contributed by atoms with Crippen LogP contribution >= 0.6 is 0 Å². The van der Waals surface area contributed by atoms with Gasteiger partial charge in [0.05, 0.1) is 11.0 Å². The minimum Gasteiger partial charge on any atom is -0.485 e. The Hall–Kier alpha value is -2.69. The number of para-hydroxylation sites is 2. The fourth-order valence-electron chi connectivity index (χ4n) is 2.43. The number of hydrogen-bond donors (Lipinski definition) is 2. The van der Waals surface area contributed by atoms with E-state index in [0.29, 0.717) is 6.61 Å². The summed E-state index contributed by atoms with van der Waals surface area (Å²) in [5.41, 5.74) is 2.33. The molecular formula is C15H12N2O3. The zero-order valence-electron chi connectivity index (χ0n) is 10.6. The molecule has 2 aromatic carbocycles. The summed E-state index contributed by atoms with van der Waals surface area (Å²) in [5, 5.41) is 0. The Kier molecular flexibility index (Phi) is 2.32. The Morgan fingerprint density at radius 1 is 1.00 bits per heavy atom. The summed E-state index contributed by atoms with van der Waals surface area (Å²) in [6.07, 6.45) is -0.173. The zero-order valence-corrected chi connectivity index (χ0v) is 10.6. The first-order valence-electron chi connectivity index (χ1n) is 6.40. The van der Waals surface area contributed by atoms with Crippen molar-refractivity contribution in [3.8, 4) is 11.5 Å². The van der Waals surface area contributed by atoms with Gasteiger partial charge in [-0.2, -0.15) is 0 Å². The van der Waals surface area contributed by atoms with Crippen LogP contribution in [-0.2, 0) is 0 Å². The monoisotopic (exact) mass is 268 g/mol. The maximum Gasteiger partial charge on any atom is 0.323 e. The van der Waals surface area contributed by atoms with Crippen molar-refractivity contribution in [3.63, 3.8) is 0 Å². The van der Waals surface area contributed by atoms with Crippen molar-refractivity contribution >= 4 is 11.0 Å². The van der Waals surface area contributed by atoms with E-state index in [1.54, 1.807) is 0 Å². The average molecular weight is 268 g/mol. The third-order valence-corrected chi connectivity index (χ3v) is 3.42. The predicted octanol–water partition coefficient (Wildman–Crippen LogP) is 2.37. The van der Waals surface area contributed by atoms with Gasteiger partial charge in [-0.15, -0.1) is 0 Å². The average Bonchev–Trinajstić information content (AvgIpc) is 2.85. The molecule has 1 aliphatic heterocycles. The molecule has 1 aliphatic rings. The van der Waals surface area contributed by atoms with E-state index in [1.165, 1.54) is 0 Å². The minimum absolute atomic E-state index is 0.173. The second-order valence-electron chi connectivity index (χ2n) is 4.75. The van der Waals surface area contributed by atoms with Gasteiger partial charge in [-0.25, -0.2) is 4.79 Å². The van der Waals surface area contributed by atoms with Crippen molar-refractivity contribution in [2.45, 2.75) is 6.10 Å². The van der Waals surface area contributed by atoms with Crippen LogP contribution < -0.4 is 15.2 Å². The minimum atomic E-state index is -0.205. The molecule has 0 bridgehead atoms. The highest BCUT2D eigenvalue weighted by Crippen LogP contribution is 2.36. The van der Waals surface area contributed by atoms with Crippen molar-refractivity contribution in [3.05, 3.63) is 58.5 Å². The molecule has 4 rings (SSSR count). The number of imidazole rings is 1. The Bertz CT molecular complexity index is 834. The molecule has 3 aromatic rings. The molecule has 0 spiro atoms. The summed E-state index contributed by atoms with van der Waals surface area (Å²) in [6, 6.07) is 13.3. The molecule has 1 unspecified atom stereocenters. The lowest BCUT2D eigenvalue weighted by Gasteiger charge is -2.26. The standard InChI is InChI=1S/C15H12N2O3/c18-15-16-10-6-5-9(7-11(10)17-15)14-8-19-12-3-1-2-4-13(12)20-14/h1-7,14H,8H2,(H2,16,17,18). The van der Waals surface area contributed by atoms with Gasteiger partial charge in [0, 0.05) is 0 Å². The van der Waals surface area contributed by atoms with Gasteiger partial charge >= 0.3 is 5.69 Å². The molecule has 20 heavy (non-hydrogen) atoms. The van der Waals surface area contributed by atoms with Crippen LogP contribution in [0, 0.1) is 0 Å². The zero-order chi connectivity index (χ0) is 13.5. The van der Waals surface area contributed by atoms with Crippen LogP contribution in [-0.4, -0.2) is 16.6 Å². The van der Waals surface area contributed by atoms with Gasteiger partial charge in [0.15, 0.2) is 17.6 Å². The summed E-state index contributed by atoms with van der Waals surface area (Å²) < 4.78 is 11.6. The van der Waals surface area contributed by atoms with E-state index < -0.39 is 0 Å². The van der Waals surface area contributed by atoms with E-state index in [2.05, 4.69) is 9.97 Å². The smallest absolute Gasteiger partial charge is 0.323 e. The summed E-state index contributed by atoms with van der Waals surface area (Å²) in [5.74, 6) is 1.51. The molecule has 0 aliphatic carbocycles. The van der Waals surface area contributed by atoms with Crippen molar-refractivity contribution in [1.82, 2.24) is 9.97 Å². The maximum absolute atomic E-state index is 11.3. The number of aromatic amines is 2. The SMILES string of the molecule is O=c1[nH]c2ccc(C3COc4ccccc4O3)cc2[nH]1. The topological polar surface area (TPSA) is 67.1 Å². The highest BCUT2D eigenvalue weighted by molar-refractivity contribution is 5.75. The quantitative estimate of drug-likeness (QED) is 0.712. The third-order valence-electron chi connectivity index (χ3n) is 3.42. The van der Waals surface area contributed by atoms with Gasteiger partial charge in [-0.3, -0.25) is 0 Å². The van der Waals surface area contributed by atoms with Crippen LogP contribution in [0.1, 0.15) is 11.7 Å². The van der Waals surface area contributed by atoms with E-state index in [9.17, 15) is 4.79 Å². The number of fused-ring (bicyclic) bond motifs is 2. The highest BCUT2D eigenvalue weighted by atomic mass is 16.6. The largest absolute Gasteiger partial charge is 0.485 e. The molecule has 100 valence electrons. The van der Waals surface area contributed by atoms with Gasteiger partial charge in [-0.1, -0.05) is 18.2 Å². The first-order chi connectivity index (χ1) is 9.79. The molecule has 1 aromatic heterocycles. The molecule has 0 saturated carbocycles. The Morgan fingerprint density at radius 3 is 2.70 bits per heavy atom. The molecular weight excluding hydrogens is 256 g/mol. The molecule has 5 nitrogen and oxygen atoms in total. The molecule has 5 heteroatoms. The summed E-state index contributed by atoms with van der Waals surface area (Å²) in [4.78, 5) is 16.7. The molecule has 2 N–H and O–H groups in total. The number of benzene rings is 2. The first-order valence-corrected chi connectivity index (χ1v) is 6.40. The number of nitrogens with one attached hydrogen (secondary N) is 2. The van der Waals surface area contributed by atoms with Crippen molar-refractivity contribution in [1.29, 1.82) is 0 Å². The second kappa shape index (κ2) is 4.16. The third kappa shape index (κ3) is 1.75. The Labute approximate surface area is 114 Å². The summed E-state index contributed by atoms with van der Waals surface area (Å²) in [7, 11) is 0. The lowest BCUT2D eigenvalue weighted by atomic mass is 10.1. The summed E-state index contributed by atoms with van der Waals surface area (Å²) in [6.45, 7) is 0.456. The van der Waals surface area contributed by atoms with Gasteiger partial charge in [0.1, 0.15) is 6.61 Å². The van der Waals surface area contributed by atoms with Crippen LogP contribution in [0.5, 0.6) is 11.5 Å². The molecule has 1 atom stereocenters. The number of hydrogen-bond acceptors (Lipinski definition) is 3. The Balaban J connectivity index is 1.71. The van der Waals surface area contributed by atoms with E-state index in [1.807, 2.05) is 42.5 Å².